The molecule has 7 nitrogen and oxygen atoms in total. The highest BCUT2D eigenvalue weighted by Crippen LogP contribution is 2.40. The summed E-state index contributed by atoms with van der Waals surface area (Å²) < 4.78 is 27.6. The van der Waals surface area contributed by atoms with Crippen molar-refractivity contribution < 1.29 is 13.6 Å². The van der Waals surface area contributed by atoms with Crippen molar-refractivity contribution in [2.75, 3.05) is 37.6 Å². The van der Waals surface area contributed by atoms with Crippen LogP contribution in [0.15, 0.2) is 24.5 Å². The molecule has 3 aliphatic heterocycles. The third-order valence-corrected chi connectivity index (χ3v) is 8.31. The topological polar surface area (TPSA) is 68.4 Å². The SMILES string of the molecule is C[C@H]1c2c([nH]c3c(Cl)c(Cl)ccc23)CCN1C(=O)c1ncc(N2CCN3CC(F)(F)C[C@H]3C2)cn1. The molecule has 2 atom stereocenters. The fourth-order valence-electron chi connectivity index (χ4n) is 5.77. The molecule has 11 heteroatoms. The molecule has 0 bridgehead atoms. The van der Waals surface area contributed by atoms with Crippen molar-refractivity contribution in [3.05, 3.63) is 51.7 Å². The van der Waals surface area contributed by atoms with Gasteiger partial charge >= 0.3 is 0 Å². The monoisotopic (exact) mass is 520 g/mol. The Morgan fingerprint density at radius 2 is 1.94 bits per heavy atom. The first-order chi connectivity index (χ1) is 16.7. The smallest absolute Gasteiger partial charge is 0.292 e. The molecule has 0 radical (unpaired) electrons. The van der Waals surface area contributed by atoms with Gasteiger partial charge < -0.3 is 14.8 Å². The lowest BCUT2D eigenvalue weighted by molar-refractivity contribution is 0.0125. The predicted octanol–water partition coefficient (Wildman–Crippen LogP) is 4.55. The molecule has 2 saturated heterocycles. The first-order valence-electron chi connectivity index (χ1n) is 11.7. The first kappa shape index (κ1) is 22.9. The Morgan fingerprint density at radius 3 is 2.71 bits per heavy atom. The Labute approximate surface area is 211 Å². The second-order valence-electron chi connectivity index (χ2n) is 9.62. The molecule has 0 aliphatic carbocycles. The minimum atomic E-state index is -2.62. The Morgan fingerprint density at radius 1 is 1.17 bits per heavy atom. The van der Waals surface area contributed by atoms with E-state index in [-0.39, 0.29) is 36.8 Å². The summed E-state index contributed by atoms with van der Waals surface area (Å²) in [6.07, 6.45) is 3.77. The van der Waals surface area contributed by atoms with E-state index < -0.39 is 5.92 Å². The van der Waals surface area contributed by atoms with Gasteiger partial charge in [0.25, 0.3) is 11.8 Å². The van der Waals surface area contributed by atoms with Gasteiger partial charge in [0.15, 0.2) is 0 Å². The van der Waals surface area contributed by atoms with E-state index in [1.54, 1.807) is 23.4 Å². The van der Waals surface area contributed by atoms with Crippen LogP contribution in [0.1, 0.15) is 41.3 Å². The number of piperazine rings is 1. The molecule has 2 aromatic heterocycles. The highest BCUT2D eigenvalue weighted by molar-refractivity contribution is 6.45. The molecular weight excluding hydrogens is 497 g/mol. The lowest BCUT2D eigenvalue weighted by Crippen LogP contribution is -2.50. The van der Waals surface area contributed by atoms with E-state index >= 15 is 0 Å². The zero-order chi connectivity index (χ0) is 24.5. The molecule has 0 saturated carbocycles. The van der Waals surface area contributed by atoms with Gasteiger partial charge in [-0.3, -0.25) is 9.69 Å². The number of carbonyl (C=O) groups excluding carboxylic acids is 1. The number of halogens is 4. The van der Waals surface area contributed by atoms with Crippen LogP contribution in [0.25, 0.3) is 10.9 Å². The molecule has 5 heterocycles. The fourth-order valence-corrected chi connectivity index (χ4v) is 6.14. The van der Waals surface area contributed by atoms with Gasteiger partial charge in [0.1, 0.15) is 0 Å². The van der Waals surface area contributed by atoms with Crippen molar-refractivity contribution in [1.82, 2.24) is 24.8 Å². The highest BCUT2D eigenvalue weighted by Gasteiger charge is 2.46. The van der Waals surface area contributed by atoms with Crippen LogP contribution >= 0.6 is 23.2 Å². The van der Waals surface area contributed by atoms with Crippen LogP contribution in [-0.4, -0.2) is 75.3 Å². The molecule has 3 aromatic rings. The van der Waals surface area contributed by atoms with Crippen molar-refractivity contribution in [3.8, 4) is 0 Å². The molecule has 35 heavy (non-hydrogen) atoms. The van der Waals surface area contributed by atoms with Crippen molar-refractivity contribution in [1.29, 1.82) is 0 Å². The summed E-state index contributed by atoms with van der Waals surface area (Å²) in [6, 6.07) is 3.32. The number of alkyl halides is 2. The van der Waals surface area contributed by atoms with Crippen LogP contribution in [0, 0.1) is 0 Å². The van der Waals surface area contributed by atoms with Crippen molar-refractivity contribution in [3.63, 3.8) is 0 Å². The van der Waals surface area contributed by atoms with E-state index in [1.807, 2.05) is 22.8 Å². The number of rotatable bonds is 2. The van der Waals surface area contributed by atoms with Crippen LogP contribution in [-0.2, 0) is 6.42 Å². The minimum absolute atomic E-state index is 0.121. The number of nitrogens with zero attached hydrogens (tertiary/aromatic N) is 5. The van der Waals surface area contributed by atoms with E-state index in [0.29, 0.717) is 42.6 Å². The molecule has 0 unspecified atom stereocenters. The Balaban J connectivity index is 1.20. The maximum atomic E-state index is 13.8. The van der Waals surface area contributed by atoms with E-state index in [9.17, 15) is 13.6 Å². The number of nitrogens with one attached hydrogen (secondary N) is 1. The third kappa shape index (κ3) is 3.84. The average molecular weight is 521 g/mol. The summed E-state index contributed by atoms with van der Waals surface area (Å²) in [7, 11) is 0. The number of benzene rings is 1. The summed E-state index contributed by atoms with van der Waals surface area (Å²) >= 11 is 12.6. The van der Waals surface area contributed by atoms with Crippen LogP contribution in [0.3, 0.4) is 0 Å². The fraction of sp³-hybridized carbons (Fsp3) is 0.458. The van der Waals surface area contributed by atoms with Gasteiger partial charge in [0, 0.05) is 61.7 Å². The minimum Gasteiger partial charge on any atom is -0.366 e. The zero-order valence-electron chi connectivity index (χ0n) is 19.1. The molecule has 2 fully saturated rings. The molecule has 1 aromatic carbocycles. The molecule has 1 N–H and O–H groups in total. The van der Waals surface area contributed by atoms with Gasteiger partial charge in [-0.2, -0.15) is 0 Å². The van der Waals surface area contributed by atoms with E-state index in [0.717, 1.165) is 27.8 Å². The maximum Gasteiger partial charge on any atom is 0.292 e. The standard InChI is InChI=1S/C24H24Cl2F2N6O/c1-13-19-16-2-3-17(25)20(26)21(16)31-18(19)4-5-34(13)23(35)22-29-9-15(10-30-22)32-6-7-33-12-24(27,28)8-14(33)11-32/h2-3,9-10,13-14,31H,4-8,11-12H2,1H3/t13-,14-/m0/s1. The molecule has 0 spiro atoms. The summed E-state index contributed by atoms with van der Waals surface area (Å²) in [5.74, 6) is -2.75. The lowest BCUT2D eigenvalue weighted by atomic mass is 9.97. The number of carbonyl (C=O) groups is 1. The molecule has 6 rings (SSSR count). The molecular formula is C24H24Cl2F2N6O. The van der Waals surface area contributed by atoms with Gasteiger partial charge in [-0.1, -0.05) is 29.3 Å². The number of H-pyrrole nitrogens is 1. The number of hydrogen-bond acceptors (Lipinski definition) is 5. The third-order valence-electron chi connectivity index (χ3n) is 7.50. The number of aromatic amines is 1. The Bertz CT molecular complexity index is 1310. The lowest BCUT2D eigenvalue weighted by Gasteiger charge is -2.38. The van der Waals surface area contributed by atoms with Crippen molar-refractivity contribution >= 4 is 45.7 Å². The summed E-state index contributed by atoms with van der Waals surface area (Å²) in [4.78, 5) is 31.1. The first-order valence-corrected chi connectivity index (χ1v) is 12.5. The highest BCUT2D eigenvalue weighted by atomic mass is 35.5. The second kappa shape index (κ2) is 8.28. The van der Waals surface area contributed by atoms with Gasteiger partial charge in [0.05, 0.1) is 46.2 Å². The van der Waals surface area contributed by atoms with Crippen LogP contribution in [0.4, 0.5) is 14.5 Å². The Kier molecular flexibility index (Phi) is 5.43. The summed E-state index contributed by atoms with van der Waals surface area (Å²) in [6.45, 7) is 4.05. The summed E-state index contributed by atoms with van der Waals surface area (Å²) in [5.41, 5.74) is 3.61. The van der Waals surface area contributed by atoms with Gasteiger partial charge in [-0.05, 0) is 13.0 Å². The molecule has 1 amide bonds. The largest absolute Gasteiger partial charge is 0.366 e. The van der Waals surface area contributed by atoms with Gasteiger partial charge in [-0.25, -0.2) is 18.7 Å². The maximum absolute atomic E-state index is 13.8. The van der Waals surface area contributed by atoms with Gasteiger partial charge in [-0.15, -0.1) is 0 Å². The predicted molar refractivity (Wildman–Crippen MR) is 131 cm³/mol. The summed E-state index contributed by atoms with van der Waals surface area (Å²) in [5, 5.41) is 1.91. The van der Waals surface area contributed by atoms with Crippen LogP contribution in [0.5, 0.6) is 0 Å². The number of hydrogen-bond donors (Lipinski definition) is 1. The van der Waals surface area contributed by atoms with E-state index in [4.69, 9.17) is 23.2 Å². The zero-order valence-corrected chi connectivity index (χ0v) is 20.6. The number of fused-ring (bicyclic) bond motifs is 4. The van der Waals surface area contributed by atoms with E-state index in [1.165, 1.54) is 0 Å². The van der Waals surface area contributed by atoms with Gasteiger partial charge in [0.2, 0.25) is 5.82 Å². The molecule has 184 valence electrons. The number of amides is 1. The van der Waals surface area contributed by atoms with E-state index in [2.05, 4.69) is 15.0 Å². The van der Waals surface area contributed by atoms with Crippen LogP contribution < -0.4 is 4.90 Å². The normalized spacial score (nSPS) is 24.0. The average Bonchev–Trinajstić information content (AvgIpc) is 3.37. The van der Waals surface area contributed by atoms with Crippen LogP contribution in [0.2, 0.25) is 10.0 Å². The molecule has 3 aliphatic rings. The second-order valence-corrected chi connectivity index (χ2v) is 10.4. The van der Waals surface area contributed by atoms with Crippen molar-refractivity contribution in [2.45, 2.75) is 37.8 Å². The number of anilines is 1. The number of aromatic nitrogens is 3. The quantitative estimate of drug-likeness (QED) is 0.536. The van der Waals surface area contributed by atoms with Crippen molar-refractivity contribution in [2.24, 2.45) is 0 Å². The Hall–Kier alpha value is -2.49.